The predicted molar refractivity (Wildman–Crippen MR) is 78.6 cm³/mol. The molecular formula is C16H26N2O2. The number of aliphatic carboxylic acids is 1. The lowest BCUT2D eigenvalue weighted by atomic mass is 9.68. The molecule has 0 amide bonds. The number of hydrogen-bond donors (Lipinski definition) is 1. The van der Waals surface area contributed by atoms with Crippen molar-refractivity contribution in [2.75, 3.05) is 0 Å². The van der Waals surface area contributed by atoms with E-state index >= 15 is 0 Å². The molecule has 1 unspecified atom stereocenters. The first kappa shape index (κ1) is 15.1. The van der Waals surface area contributed by atoms with E-state index in [9.17, 15) is 9.90 Å². The minimum Gasteiger partial charge on any atom is -0.481 e. The van der Waals surface area contributed by atoms with Crippen molar-refractivity contribution in [1.82, 2.24) is 9.78 Å². The lowest BCUT2D eigenvalue weighted by Gasteiger charge is -2.35. The van der Waals surface area contributed by atoms with Crippen molar-refractivity contribution in [2.45, 2.75) is 65.3 Å². The number of hydrogen-bond acceptors (Lipinski definition) is 2. The Kier molecular flexibility index (Phi) is 4.51. The Balaban J connectivity index is 2.13. The lowest BCUT2D eigenvalue weighted by Crippen LogP contribution is -2.37. The van der Waals surface area contributed by atoms with Gasteiger partial charge < -0.3 is 5.11 Å². The van der Waals surface area contributed by atoms with Gasteiger partial charge in [0.1, 0.15) is 0 Å². The molecule has 1 fully saturated rings. The smallest absolute Gasteiger partial charge is 0.310 e. The summed E-state index contributed by atoms with van der Waals surface area (Å²) in [5, 5.41) is 14.2. The van der Waals surface area contributed by atoms with E-state index in [4.69, 9.17) is 0 Å². The molecule has 0 radical (unpaired) electrons. The second-order valence-corrected chi connectivity index (χ2v) is 6.49. The van der Waals surface area contributed by atoms with Crippen molar-refractivity contribution >= 4 is 5.97 Å². The maximum Gasteiger partial charge on any atom is 0.310 e. The quantitative estimate of drug-likeness (QED) is 0.894. The summed E-state index contributed by atoms with van der Waals surface area (Å²) in [4.78, 5) is 11.7. The van der Waals surface area contributed by atoms with Gasteiger partial charge in [0.05, 0.1) is 11.1 Å². The predicted octanol–water partition coefficient (Wildman–Crippen LogP) is 3.68. The highest BCUT2D eigenvalue weighted by molar-refractivity contribution is 5.75. The molecule has 1 aromatic rings. The molecule has 1 aliphatic carbocycles. The van der Waals surface area contributed by atoms with Crippen LogP contribution in [0.25, 0.3) is 0 Å². The fourth-order valence-corrected chi connectivity index (χ4v) is 3.03. The molecule has 1 heterocycles. The molecule has 4 nitrogen and oxygen atoms in total. The Morgan fingerprint density at radius 1 is 1.55 bits per heavy atom. The minimum atomic E-state index is -0.650. The van der Waals surface area contributed by atoms with Crippen LogP contribution in [0.4, 0.5) is 0 Å². The fourth-order valence-electron chi connectivity index (χ4n) is 3.03. The van der Waals surface area contributed by atoms with E-state index in [0.29, 0.717) is 18.4 Å². The zero-order valence-electron chi connectivity index (χ0n) is 12.8. The third-order valence-electron chi connectivity index (χ3n) is 4.91. The van der Waals surface area contributed by atoms with Gasteiger partial charge in [-0.15, -0.1) is 0 Å². The molecule has 20 heavy (non-hydrogen) atoms. The Bertz CT molecular complexity index is 459. The summed E-state index contributed by atoms with van der Waals surface area (Å²) in [6.07, 6.45) is 7.15. The van der Waals surface area contributed by atoms with Crippen LogP contribution in [-0.4, -0.2) is 20.9 Å². The molecule has 1 atom stereocenters. The van der Waals surface area contributed by atoms with Crippen LogP contribution in [0.5, 0.6) is 0 Å². The number of carbonyl (C=O) groups is 1. The van der Waals surface area contributed by atoms with Crippen molar-refractivity contribution < 1.29 is 9.90 Å². The number of carboxylic acids is 1. The van der Waals surface area contributed by atoms with E-state index in [1.807, 2.05) is 16.9 Å². The summed E-state index contributed by atoms with van der Waals surface area (Å²) in [7, 11) is 0. The van der Waals surface area contributed by atoms with Crippen LogP contribution in [0.15, 0.2) is 12.3 Å². The Hall–Kier alpha value is -1.32. The van der Waals surface area contributed by atoms with Gasteiger partial charge in [0.15, 0.2) is 0 Å². The average Bonchev–Trinajstić information content (AvgIpc) is 2.89. The SMILES string of the molecule is CCC(C)n1ccc(CC2(C(=O)O)CCC(C)CC2)n1. The molecule has 0 bridgehead atoms. The molecule has 2 rings (SSSR count). The highest BCUT2D eigenvalue weighted by Crippen LogP contribution is 2.41. The zero-order valence-corrected chi connectivity index (χ0v) is 12.8. The van der Waals surface area contributed by atoms with Gasteiger partial charge in [0, 0.05) is 18.7 Å². The summed E-state index contributed by atoms with van der Waals surface area (Å²) >= 11 is 0. The number of aromatic nitrogens is 2. The van der Waals surface area contributed by atoms with Gasteiger partial charge in [-0.2, -0.15) is 5.10 Å². The normalized spacial score (nSPS) is 28.2. The highest BCUT2D eigenvalue weighted by atomic mass is 16.4. The van der Waals surface area contributed by atoms with E-state index in [1.165, 1.54) is 0 Å². The van der Waals surface area contributed by atoms with Gasteiger partial charge in [-0.05, 0) is 51.0 Å². The maximum atomic E-state index is 11.7. The third-order valence-corrected chi connectivity index (χ3v) is 4.91. The van der Waals surface area contributed by atoms with Crippen molar-refractivity contribution in [2.24, 2.45) is 11.3 Å². The van der Waals surface area contributed by atoms with Crippen molar-refractivity contribution in [3.63, 3.8) is 0 Å². The number of nitrogens with zero attached hydrogens (tertiary/aromatic N) is 2. The lowest BCUT2D eigenvalue weighted by molar-refractivity contribution is -0.151. The molecule has 0 aromatic carbocycles. The van der Waals surface area contributed by atoms with Crippen LogP contribution in [-0.2, 0) is 11.2 Å². The van der Waals surface area contributed by atoms with E-state index in [0.717, 1.165) is 37.8 Å². The van der Waals surface area contributed by atoms with Gasteiger partial charge in [-0.1, -0.05) is 13.8 Å². The van der Waals surface area contributed by atoms with Gasteiger partial charge >= 0.3 is 5.97 Å². The molecule has 0 saturated heterocycles. The molecule has 0 spiro atoms. The van der Waals surface area contributed by atoms with Crippen molar-refractivity contribution in [1.29, 1.82) is 0 Å². The van der Waals surface area contributed by atoms with Gasteiger partial charge in [0.25, 0.3) is 0 Å². The van der Waals surface area contributed by atoms with Gasteiger partial charge in [-0.3, -0.25) is 9.48 Å². The zero-order chi connectivity index (χ0) is 14.8. The van der Waals surface area contributed by atoms with Crippen molar-refractivity contribution in [3.05, 3.63) is 18.0 Å². The first-order chi connectivity index (χ1) is 9.47. The van der Waals surface area contributed by atoms with Gasteiger partial charge in [0.2, 0.25) is 0 Å². The van der Waals surface area contributed by atoms with Crippen LogP contribution in [0.1, 0.15) is 64.6 Å². The summed E-state index contributed by atoms with van der Waals surface area (Å²) in [5.74, 6) is 0.00244. The van der Waals surface area contributed by atoms with Gasteiger partial charge in [-0.25, -0.2) is 0 Å². The molecule has 112 valence electrons. The first-order valence-electron chi connectivity index (χ1n) is 7.74. The number of rotatable bonds is 5. The molecule has 1 aromatic heterocycles. The Labute approximate surface area is 121 Å². The molecule has 1 N–H and O–H groups in total. The summed E-state index contributed by atoms with van der Waals surface area (Å²) in [6, 6.07) is 2.35. The van der Waals surface area contributed by atoms with E-state index in [2.05, 4.69) is 25.9 Å². The second kappa shape index (κ2) is 5.98. The molecule has 1 saturated carbocycles. The van der Waals surface area contributed by atoms with E-state index in [-0.39, 0.29) is 0 Å². The molecule has 1 aliphatic rings. The van der Waals surface area contributed by atoms with Crippen LogP contribution in [0.3, 0.4) is 0 Å². The highest BCUT2D eigenvalue weighted by Gasteiger charge is 2.41. The average molecular weight is 278 g/mol. The maximum absolute atomic E-state index is 11.7. The van der Waals surface area contributed by atoms with E-state index in [1.54, 1.807) is 0 Å². The first-order valence-corrected chi connectivity index (χ1v) is 7.74. The standard InChI is InChI=1S/C16H26N2O2/c1-4-13(3)18-10-7-14(17-18)11-16(15(19)20)8-5-12(2)6-9-16/h7,10,12-13H,4-6,8-9,11H2,1-3H3,(H,19,20). The van der Waals surface area contributed by atoms with Crippen molar-refractivity contribution in [3.8, 4) is 0 Å². The molecule has 4 heteroatoms. The molecular weight excluding hydrogens is 252 g/mol. The third kappa shape index (κ3) is 3.05. The van der Waals surface area contributed by atoms with Crippen LogP contribution in [0, 0.1) is 11.3 Å². The largest absolute Gasteiger partial charge is 0.481 e. The minimum absolute atomic E-state index is 0.371. The Morgan fingerprint density at radius 2 is 2.20 bits per heavy atom. The van der Waals surface area contributed by atoms with Crippen LogP contribution >= 0.6 is 0 Å². The fraction of sp³-hybridized carbons (Fsp3) is 0.750. The van der Waals surface area contributed by atoms with Crippen LogP contribution < -0.4 is 0 Å². The van der Waals surface area contributed by atoms with Crippen LogP contribution in [0.2, 0.25) is 0 Å². The molecule has 0 aliphatic heterocycles. The Morgan fingerprint density at radius 3 is 2.75 bits per heavy atom. The summed E-state index contributed by atoms with van der Waals surface area (Å²) in [6.45, 7) is 6.47. The second-order valence-electron chi connectivity index (χ2n) is 6.49. The summed E-state index contributed by atoms with van der Waals surface area (Å²) in [5.41, 5.74) is 0.323. The number of carboxylic acid groups (broad SMARTS) is 1. The van der Waals surface area contributed by atoms with E-state index < -0.39 is 11.4 Å². The topological polar surface area (TPSA) is 55.1 Å². The summed E-state index contributed by atoms with van der Waals surface area (Å²) < 4.78 is 1.95. The monoisotopic (exact) mass is 278 g/mol.